The van der Waals surface area contributed by atoms with Crippen molar-refractivity contribution in [3.05, 3.63) is 42.5 Å². The Morgan fingerprint density at radius 2 is 1.96 bits per heavy atom. The van der Waals surface area contributed by atoms with Gasteiger partial charge in [0.15, 0.2) is 0 Å². The number of hydrogen-bond donors (Lipinski definition) is 1. The van der Waals surface area contributed by atoms with Crippen LogP contribution in [0.5, 0.6) is 5.75 Å². The molecule has 0 aliphatic carbocycles. The number of halogens is 1. The summed E-state index contributed by atoms with van der Waals surface area (Å²) in [7, 11) is 0. The van der Waals surface area contributed by atoms with Gasteiger partial charge in [0.1, 0.15) is 18.5 Å². The molecule has 3 nitrogen and oxygen atoms in total. The van der Waals surface area contributed by atoms with Crippen LogP contribution in [0.4, 0.5) is 0 Å². The molecule has 0 radical (unpaired) electrons. The summed E-state index contributed by atoms with van der Waals surface area (Å²) in [6, 6.07) is 14.9. The first kappa shape index (κ1) is 18.1. The topological polar surface area (TPSA) is 32.7 Å². The summed E-state index contributed by atoms with van der Waals surface area (Å²) in [6.45, 7) is 4.39. The van der Waals surface area contributed by atoms with Crippen molar-refractivity contribution in [1.82, 2.24) is 4.90 Å². The van der Waals surface area contributed by atoms with E-state index in [1.807, 2.05) is 24.3 Å². The van der Waals surface area contributed by atoms with Crippen LogP contribution in [-0.2, 0) is 0 Å². The van der Waals surface area contributed by atoms with E-state index in [0.717, 1.165) is 12.3 Å². The summed E-state index contributed by atoms with van der Waals surface area (Å²) in [5, 5.41) is 12.6. The molecule has 2 aromatic carbocycles. The number of fused-ring (bicyclic) bond motifs is 1. The van der Waals surface area contributed by atoms with Crippen molar-refractivity contribution in [1.29, 1.82) is 0 Å². The number of aliphatic hydroxyl groups excluding tert-OH is 1. The Morgan fingerprint density at radius 3 is 2.74 bits per heavy atom. The third kappa shape index (κ3) is 4.84. The van der Waals surface area contributed by atoms with Crippen molar-refractivity contribution < 1.29 is 22.3 Å². The molecule has 1 saturated heterocycles. The summed E-state index contributed by atoms with van der Waals surface area (Å²) in [5.74, 6) is 0.824. The zero-order valence-electron chi connectivity index (χ0n) is 13.6. The molecule has 2 unspecified atom stereocenters. The number of likely N-dealkylation sites (tertiary alicyclic amines) is 1. The monoisotopic (exact) mass is 334 g/mol. The number of β-amino-alcohol motifs (C(OH)–C–C–N with tert-alkyl or cyclic N) is 1. The Kier molecular flexibility index (Phi) is 6.70. The number of aliphatic hydroxyl groups is 1. The van der Waals surface area contributed by atoms with Gasteiger partial charge in [0.05, 0.1) is 0 Å². The Labute approximate surface area is 144 Å². The first-order chi connectivity index (χ1) is 10.7. The highest BCUT2D eigenvalue weighted by molar-refractivity contribution is 5.83. The van der Waals surface area contributed by atoms with Crippen LogP contribution in [0.3, 0.4) is 0 Å². The maximum atomic E-state index is 10.2. The van der Waals surface area contributed by atoms with Crippen LogP contribution >= 0.6 is 0 Å². The minimum atomic E-state index is -0.438. The lowest BCUT2D eigenvalue weighted by Crippen LogP contribution is -3.00. The Morgan fingerprint density at radius 1 is 1.17 bits per heavy atom. The third-order valence-electron chi connectivity index (χ3n) is 4.55. The van der Waals surface area contributed by atoms with Crippen LogP contribution in [0.1, 0.15) is 26.2 Å². The lowest BCUT2D eigenvalue weighted by atomic mass is 10.0. The summed E-state index contributed by atoms with van der Waals surface area (Å²) in [5.41, 5.74) is 0. The van der Waals surface area contributed by atoms with Crippen LogP contribution in [-0.4, -0.2) is 41.8 Å². The molecule has 1 N–H and O–H groups in total. The minimum Gasteiger partial charge on any atom is -1.00 e. The molecular weight excluding hydrogens is 310 g/mol. The molecule has 0 spiro atoms. The number of piperidine rings is 1. The van der Waals surface area contributed by atoms with Gasteiger partial charge in [-0.3, -0.25) is 4.90 Å². The van der Waals surface area contributed by atoms with Gasteiger partial charge in [-0.05, 0) is 49.2 Å². The highest BCUT2D eigenvalue weighted by Gasteiger charge is 2.20. The average molecular weight is 335 g/mol. The molecule has 2 atom stereocenters. The van der Waals surface area contributed by atoms with Crippen LogP contribution < -0.4 is 17.1 Å². The van der Waals surface area contributed by atoms with Crippen LogP contribution in [0.2, 0.25) is 0 Å². The fourth-order valence-electron chi connectivity index (χ4n) is 3.20. The second-order valence-electron chi connectivity index (χ2n) is 6.31. The van der Waals surface area contributed by atoms with Gasteiger partial charge >= 0.3 is 0 Å². The van der Waals surface area contributed by atoms with E-state index in [0.29, 0.717) is 19.2 Å². The molecule has 1 aliphatic heterocycles. The van der Waals surface area contributed by atoms with Crippen LogP contribution in [0, 0.1) is 0 Å². The quantitative estimate of drug-likeness (QED) is 0.862. The van der Waals surface area contributed by atoms with Gasteiger partial charge in [0.2, 0.25) is 0 Å². The normalized spacial score (nSPS) is 20.0. The molecule has 1 heterocycles. The van der Waals surface area contributed by atoms with Gasteiger partial charge in [-0.2, -0.15) is 0 Å². The smallest absolute Gasteiger partial charge is 0.120 e. The van der Waals surface area contributed by atoms with Gasteiger partial charge in [-0.15, -0.1) is 0 Å². The highest BCUT2D eigenvalue weighted by atomic mass is 35.5. The van der Waals surface area contributed by atoms with Gasteiger partial charge < -0.3 is 22.3 Å². The molecule has 3 rings (SSSR count). The number of benzene rings is 2. The zero-order valence-corrected chi connectivity index (χ0v) is 14.4. The summed E-state index contributed by atoms with van der Waals surface area (Å²) < 4.78 is 5.78. The van der Waals surface area contributed by atoms with E-state index in [1.54, 1.807) is 0 Å². The number of ether oxygens (including phenoxy) is 1. The maximum Gasteiger partial charge on any atom is 0.120 e. The predicted octanol–water partition coefficient (Wildman–Crippen LogP) is 0.458. The number of nitrogens with zero attached hydrogens (tertiary/aromatic N) is 1. The highest BCUT2D eigenvalue weighted by Crippen LogP contribution is 2.21. The maximum absolute atomic E-state index is 10.2. The third-order valence-corrected chi connectivity index (χ3v) is 4.55. The van der Waals surface area contributed by atoms with Crippen molar-refractivity contribution in [2.75, 3.05) is 19.7 Å². The molecule has 0 aromatic heterocycles. The molecular formula is C19H25ClNO2-. The minimum absolute atomic E-state index is 0. The van der Waals surface area contributed by atoms with Crippen molar-refractivity contribution >= 4 is 10.8 Å². The standard InChI is InChI=1S/C19H25NO2.ClH/c1-15-6-4-5-11-20(15)13-18(21)14-22-19-10-9-16-7-2-3-8-17(16)12-19;/h2-3,7-10,12,15,18,21H,4-6,11,13-14H2,1H3;1H/p-1. The first-order valence-electron chi connectivity index (χ1n) is 8.26. The molecule has 2 aromatic rings. The van der Waals surface area contributed by atoms with E-state index in [2.05, 4.69) is 30.0 Å². The molecule has 126 valence electrons. The lowest BCUT2D eigenvalue weighted by molar-refractivity contribution is -0.00000661. The zero-order chi connectivity index (χ0) is 15.4. The van der Waals surface area contributed by atoms with E-state index in [9.17, 15) is 5.11 Å². The Balaban J connectivity index is 0.00000192. The fourth-order valence-corrected chi connectivity index (χ4v) is 3.20. The van der Waals surface area contributed by atoms with Crippen molar-refractivity contribution in [3.63, 3.8) is 0 Å². The van der Waals surface area contributed by atoms with Gasteiger partial charge in [-0.1, -0.05) is 36.8 Å². The van der Waals surface area contributed by atoms with Gasteiger partial charge in [0, 0.05) is 12.6 Å². The second-order valence-corrected chi connectivity index (χ2v) is 6.31. The molecule has 4 heteroatoms. The van der Waals surface area contributed by atoms with Crippen LogP contribution in [0.15, 0.2) is 42.5 Å². The van der Waals surface area contributed by atoms with Crippen LogP contribution in [0.25, 0.3) is 10.8 Å². The second kappa shape index (κ2) is 8.53. The fraction of sp³-hybridized carbons (Fsp3) is 0.474. The average Bonchev–Trinajstić information content (AvgIpc) is 2.55. The van der Waals surface area contributed by atoms with E-state index < -0.39 is 6.10 Å². The Bertz CT molecular complexity index is 619. The van der Waals surface area contributed by atoms with Gasteiger partial charge in [0.25, 0.3) is 0 Å². The van der Waals surface area contributed by atoms with E-state index in [-0.39, 0.29) is 12.4 Å². The molecule has 1 aliphatic rings. The first-order valence-corrected chi connectivity index (χ1v) is 8.26. The molecule has 1 fully saturated rings. The van der Waals surface area contributed by atoms with E-state index in [4.69, 9.17) is 4.74 Å². The molecule has 23 heavy (non-hydrogen) atoms. The lowest BCUT2D eigenvalue weighted by Gasteiger charge is -2.34. The number of hydrogen-bond acceptors (Lipinski definition) is 3. The Hall–Kier alpha value is -1.29. The summed E-state index contributed by atoms with van der Waals surface area (Å²) >= 11 is 0. The largest absolute Gasteiger partial charge is 1.00 e. The summed E-state index contributed by atoms with van der Waals surface area (Å²) in [6.07, 6.45) is 3.34. The van der Waals surface area contributed by atoms with E-state index in [1.165, 1.54) is 30.0 Å². The molecule has 0 amide bonds. The SMILES string of the molecule is CC1CCCCN1CC(O)COc1ccc2ccccc2c1.[Cl-]. The van der Waals surface area contributed by atoms with E-state index >= 15 is 0 Å². The van der Waals surface area contributed by atoms with Gasteiger partial charge in [-0.25, -0.2) is 0 Å². The number of rotatable bonds is 5. The van der Waals surface area contributed by atoms with Crippen molar-refractivity contribution in [2.24, 2.45) is 0 Å². The summed E-state index contributed by atoms with van der Waals surface area (Å²) in [4.78, 5) is 2.37. The molecule has 0 saturated carbocycles. The van der Waals surface area contributed by atoms with Crippen molar-refractivity contribution in [2.45, 2.75) is 38.3 Å². The predicted molar refractivity (Wildman–Crippen MR) is 90.3 cm³/mol. The molecule has 0 bridgehead atoms. The van der Waals surface area contributed by atoms with Crippen molar-refractivity contribution in [3.8, 4) is 5.75 Å².